The fourth-order valence-corrected chi connectivity index (χ4v) is 1.65. The molecule has 0 saturated heterocycles. The molecule has 0 bridgehead atoms. The van der Waals surface area contributed by atoms with Gasteiger partial charge in [0.25, 0.3) is 0 Å². The van der Waals surface area contributed by atoms with E-state index < -0.39 is 11.9 Å². The molecule has 0 aliphatic carbocycles. The molecule has 1 aromatic heterocycles. The third kappa shape index (κ3) is 4.34. The van der Waals surface area contributed by atoms with Crippen LogP contribution in [-0.2, 0) is 11.3 Å². The maximum atomic E-state index is 10.7. The summed E-state index contributed by atoms with van der Waals surface area (Å²) in [5.41, 5.74) is 6.68. The summed E-state index contributed by atoms with van der Waals surface area (Å²) in [5, 5.41) is 8.79. The number of imidazole rings is 1. The summed E-state index contributed by atoms with van der Waals surface area (Å²) in [6.07, 6.45) is 3.39. The van der Waals surface area contributed by atoms with Crippen molar-refractivity contribution in [1.29, 1.82) is 0 Å². The lowest BCUT2D eigenvalue weighted by atomic mass is 10.2. The van der Waals surface area contributed by atoms with E-state index in [0.717, 1.165) is 11.4 Å². The third-order valence-corrected chi connectivity index (χ3v) is 3.03. The summed E-state index contributed by atoms with van der Waals surface area (Å²) in [5.74, 6) is 0.300. The van der Waals surface area contributed by atoms with Crippen molar-refractivity contribution in [2.45, 2.75) is 13.5 Å². The molecule has 0 spiro atoms. The van der Waals surface area contributed by atoms with Gasteiger partial charge in [-0.1, -0.05) is 0 Å². The largest absolute Gasteiger partial charge is 0.493 e. The van der Waals surface area contributed by atoms with Gasteiger partial charge in [-0.25, -0.2) is 4.98 Å². The minimum Gasteiger partial charge on any atom is -0.493 e. The van der Waals surface area contributed by atoms with Crippen LogP contribution < -0.4 is 10.5 Å². The van der Waals surface area contributed by atoms with Gasteiger partial charge in [-0.05, 0) is 31.2 Å². The summed E-state index contributed by atoms with van der Waals surface area (Å²) in [6.45, 7) is 2.10. The Hall–Kier alpha value is -2.83. The van der Waals surface area contributed by atoms with Crippen LogP contribution in [0.25, 0.3) is 0 Å². The molecule has 1 atom stereocenters. The number of aliphatic carboxylic acids is 1. The number of hydrogen-bond acceptors (Lipinski definition) is 4. The van der Waals surface area contributed by atoms with E-state index in [1.54, 1.807) is 43.6 Å². The number of benzene rings is 1. The van der Waals surface area contributed by atoms with Crippen LogP contribution in [0.2, 0.25) is 0 Å². The van der Waals surface area contributed by atoms with Crippen LogP contribution in [0.15, 0.2) is 41.7 Å². The molecule has 0 saturated carbocycles. The fraction of sp³-hybridized carbons (Fsp3) is 0.267. The lowest BCUT2D eigenvalue weighted by molar-refractivity contribution is -0.142. The van der Waals surface area contributed by atoms with Crippen LogP contribution in [0, 0.1) is 5.92 Å². The van der Waals surface area contributed by atoms with Crippen molar-refractivity contribution in [2.75, 3.05) is 6.61 Å². The number of aromatic amines is 1. The van der Waals surface area contributed by atoms with Gasteiger partial charge in [0.15, 0.2) is 0 Å². The van der Waals surface area contributed by atoms with Gasteiger partial charge in [0.05, 0.1) is 12.5 Å². The molecule has 2 aromatic rings. The van der Waals surface area contributed by atoms with E-state index >= 15 is 0 Å². The van der Waals surface area contributed by atoms with Crippen molar-refractivity contribution in [3.63, 3.8) is 0 Å². The third-order valence-electron chi connectivity index (χ3n) is 3.03. The highest BCUT2D eigenvalue weighted by Crippen LogP contribution is 2.13. The molecular formula is C15H18N4O3. The van der Waals surface area contributed by atoms with Gasteiger partial charge in [0.1, 0.15) is 24.0 Å². The number of H-pyrrole nitrogens is 1. The van der Waals surface area contributed by atoms with Gasteiger partial charge in [0.2, 0.25) is 0 Å². The van der Waals surface area contributed by atoms with E-state index in [0.29, 0.717) is 18.1 Å². The lowest BCUT2D eigenvalue weighted by Crippen LogP contribution is -2.18. The van der Waals surface area contributed by atoms with Crippen molar-refractivity contribution in [3.8, 4) is 5.75 Å². The zero-order valence-corrected chi connectivity index (χ0v) is 12.2. The van der Waals surface area contributed by atoms with Crippen molar-refractivity contribution in [3.05, 3.63) is 48.0 Å². The molecule has 0 radical (unpaired) electrons. The first kappa shape index (κ1) is 15.6. The molecule has 0 fully saturated rings. The molecule has 1 aromatic carbocycles. The summed E-state index contributed by atoms with van der Waals surface area (Å²) in [4.78, 5) is 22.0. The summed E-state index contributed by atoms with van der Waals surface area (Å²) in [6, 6.07) is 7.03. The summed E-state index contributed by atoms with van der Waals surface area (Å²) >= 11 is 0. The number of nitrogens with one attached hydrogen (secondary N) is 1. The van der Waals surface area contributed by atoms with E-state index in [1.807, 2.05) is 0 Å². The van der Waals surface area contributed by atoms with Crippen LogP contribution in [-0.4, -0.2) is 33.5 Å². The average Bonchev–Trinajstić information content (AvgIpc) is 3.04. The fourth-order valence-electron chi connectivity index (χ4n) is 1.65. The number of nitrogens with two attached hydrogens (primary N) is 1. The molecule has 22 heavy (non-hydrogen) atoms. The summed E-state index contributed by atoms with van der Waals surface area (Å²) < 4.78 is 5.41. The topological polar surface area (TPSA) is 114 Å². The number of nitrogens with zero attached hydrogens (tertiary/aromatic N) is 2. The molecule has 0 amide bonds. The molecule has 1 heterocycles. The SMILES string of the molecule is CC(COc1ccc(C(N)=NCc2ncc[nH]2)cc1)C(=O)O. The number of carboxylic acids is 1. The minimum absolute atomic E-state index is 0.122. The van der Waals surface area contributed by atoms with E-state index in [1.165, 1.54) is 0 Å². The van der Waals surface area contributed by atoms with Gasteiger partial charge in [0, 0.05) is 18.0 Å². The van der Waals surface area contributed by atoms with Crippen LogP contribution >= 0.6 is 0 Å². The monoisotopic (exact) mass is 302 g/mol. The second-order valence-corrected chi connectivity index (χ2v) is 4.81. The zero-order chi connectivity index (χ0) is 15.9. The first-order chi connectivity index (χ1) is 10.6. The second-order valence-electron chi connectivity index (χ2n) is 4.81. The van der Waals surface area contributed by atoms with Crippen LogP contribution in [0.5, 0.6) is 5.75 Å². The van der Waals surface area contributed by atoms with Crippen molar-refractivity contribution in [1.82, 2.24) is 9.97 Å². The van der Waals surface area contributed by atoms with E-state index in [-0.39, 0.29) is 6.61 Å². The van der Waals surface area contributed by atoms with Gasteiger partial charge in [-0.3, -0.25) is 9.79 Å². The number of carboxylic acid groups (broad SMARTS) is 1. The summed E-state index contributed by atoms with van der Waals surface area (Å²) in [7, 11) is 0. The molecule has 7 nitrogen and oxygen atoms in total. The maximum absolute atomic E-state index is 10.7. The Morgan fingerprint density at radius 3 is 2.77 bits per heavy atom. The van der Waals surface area contributed by atoms with Gasteiger partial charge >= 0.3 is 5.97 Å². The smallest absolute Gasteiger partial charge is 0.309 e. The van der Waals surface area contributed by atoms with Crippen molar-refractivity contribution < 1.29 is 14.6 Å². The Kier molecular flexibility index (Phi) is 5.13. The minimum atomic E-state index is -0.883. The van der Waals surface area contributed by atoms with Crippen molar-refractivity contribution >= 4 is 11.8 Å². The predicted octanol–water partition coefficient (Wildman–Crippen LogP) is 1.41. The quantitative estimate of drug-likeness (QED) is 0.528. The number of amidine groups is 1. The van der Waals surface area contributed by atoms with Crippen LogP contribution in [0.3, 0.4) is 0 Å². The molecule has 0 aliphatic heterocycles. The first-order valence-electron chi connectivity index (χ1n) is 6.80. The van der Waals surface area contributed by atoms with Gasteiger partial charge in [-0.15, -0.1) is 0 Å². The normalized spacial score (nSPS) is 12.9. The standard InChI is InChI=1S/C15H18N4O3/c1-10(15(20)21)9-22-12-4-2-11(3-5-12)14(16)19-8-13-17-6-7-18-13/h2-7,10H,8-9H2,1H3,(H2,16,19)(H,17,18)(H,20,21). The Morgan fingerprint density at radius 1 is 1.45 bits per heavy atom. The Balaban J connectivity index is 1.93. The number of aromatic nitrogens is 2. The number of ether oxygens (including phenoxy) is 1. The highest BCUT2D eigenvalue weighted by atomic mass is 16.5. The molecule has 1 unspecified atom stereocenters. The van der Waals surface area contributed by atoms with Gasteiger partial charge in [-0.2, -0.15) is 0 Å². The highest BCUT2D eigenvalue weighted by molar-refractivity contribution is 5.97. The van der Waals surface area contributed by atoms with E-state index in [2.05, 4.69) is 15.0 Å². The number of aliphatic imine (C=N–C) groups is 1. The second kappa shape index (κ2) is 7.26. The van der Waals surface area contributed by atoms with Gasteiger partial charge < -0.3 is 20.6 Å². The number of hydrogen-bond donors (Lipinski definition) is 3. The highest BCUT2D eigenvalue weighted by Gasteiger charge is 2.11. The maximum Gasteiger partial charge on any atom is 0.309 e. The van der Waals surface area contributed by atoms with E-state index in [9.17, 15) is 4.79 Å². The van der Waals surface area contributed by atoms with Crippen LogP contribution in [0.4, 0.5) is 0 Å². The molecule has 0 aliphatic rings. The zero-order valence-electron chi connectivity index (χ0n) is 12.2. The van der Waals surface area contributed by atoms with E-state index in [4.69, 9.17) is 15.6 Å². The Morgan fingerprint density at radius 2 is 2.18 bits per heavy atom. The van der Waals surface area contributed by atoms with Crippen LogP contribution in [0.1, 0.15) is 18.3 Å². The first-order valence-corrected chi connectivity index (χ1v) is 6.80. The molecule has 2 rings (SSSR count). The molecular weight excluding hydrogens is 284 g/mol. The molecule has 7 heteroatoms. The molecule has 4 N–H and O–H groups in total. The molecule has 116 valence electrons. The Bertz CT molecular complexity index is 635. The number of rotatable bonds is 7. The average molecular weight is 302 g/mol. The lowest BCUT2D eigenvalue weighted by Gasteiger charge is -2.09. The number of carbonyl (C=O) groups is 1. The van der Waals surface area contributed by atoms with Crippen molar-refractivity contribution in [2.24, 2.45) is 16.6 Å². The Labute approximate surface area is 127 Å². The predicted molar refractivity (Wildman–Crippen MR) is 81.8 cm³/mol.